The number of nitrogens with one attached hydrogen (secondary N) is 3. The Bertz CT molecular complexity index is 708. The highest BCUT2D eigenvalue weighted by Gasteiger charge is 2.43. The van der Waals surface area contributed by atoms with Gasteiger partial charge in [0.15, 0.2) is 0 Å². The van der Waals surface area contributed by atoms with Crippen molar-refractivity contribution in [2.75, 3.05) is 32.7 Å². The number of hydrogen-bond donors (Lipinski definition) is 3. The number of fused-ring (bicyclic) bond motifs is 1. The Morgan fingerprint density at radius 3 is 2.79 bits per heavy atom. The number of halogens is 3. The smallest absolute Gasteiger partial charge is 0.350 e. The van der Waals surface area contributed by atoms with Gasteiger partial charge in [0, 0.05) is 38.1 Å². The SMILES string of the molecule is O=C(NCC(N1CCNCC1)C(F)(F)F)c1cccc2cn[nH]c12. The van der Waals surface area contributed by atoms with Crippen LogP contribution in [0, 0.1) is 0 Å². The number of carbonyl (C=O) groups excluding carboxylic acids is 1. The minimum absolute atomic E-state index is 0.284. The second-order valence-electron chi connectivity index (χ2n) is 5.69. The summed E-state index contributed by atoms with van der Waals surface area (Å²) in [7, 11) is 0. The van der Waals surface area contributed by atoms with E-state index in [2.05, 4.69) is 20.8 Å². The lowest BCUT2D eigenvalue weighted by Gasteiger charge is -2.35. The third-order valence-electron chi connectivity index (χ3n) is 4.15. The standard InChI is InChI=1S/C15H18F3N5O/c16-15(17,18)12(23-6-4-19-5-7-23)9-20-14(24)11-3-1-2-10-8-21-22-13(10)11/h1-3,8,12,19H,4-7,9H2,(H,20,24)(H,21,22). The molecule has 0 spiro atoms. The van der Waals surface area contributed by atoms with Crippen molar-refractivity contribution >= 4 is 16.8 Å². The quantitative estimate of drug-likeness (QED) is 0.780. The summed E-state index contributed by atoms with van der Waals surface area (Å²) in [5.41, 5.74) is 0.798. The third-order valence-corrected chi connectivity index (χ3v) is 4.15. The van der Waals surface area contributed by atoms with Crippen molar-refractivity contribution in [3.05, 3.63) is 30.0 Å². The van der Waals surface area contributed by atoms with Crippen molar-refractivity contribution in [1.29, 1.82) is 0 Å². The van der Waals surface area contributed by atoms with Crippen molar-refractivity contribution in [1.82, 2.24) is 25.7 Å². The molecule has 24 heavy (non-hydrogen) atoms. The molecule has 1 saturated heterocycles. The Kier molecular flexibility index (Phi) is 4.72. The van der Waals surface area contributed by atoms with Gasteiger partial charge < -0.3 is 10.6 Å². The van der Waals surface area contributed by atoms with Gasteiger partial charge in [-0.05, 0) is 6.07 Å². The van der Waals surface area contributed by atoms with E-state index in [1.54, 1.807) is 24.4 Å². The van der Waals surface area contributed by atoms with Crippen LogP contribution in [0.1, 0.15) is 10.4 Å². The maximum atomic E-state index is 13.3. The van der Waals surface area contributed by atoms with Crippen LogP contribution in [0.2, 0.25) is 0 Å². The van der Waals surface area contributed by atoms with Crippen LogP contribution in [0.25, 0.3) is 10.9 Å². The monoisotopic (exact) mass is 341 g/mol. The molecular formula is C15H18F3N5O. The van der Waals surface area contributed by atoms with Crippen LogP contribution in [0.4, 0.5) is 13.2 Å². The number of H-pyrrole nitrogens is 1. The van der Waals surface area contributed by atoms with Gasteiger partial charge in [-0.1, -0.05) is 12.1 Å². The molecule has 1 aromatic heterocycles. The fraction of sp³-hybridized carbons (Fsp3) is 0.467. The maximum absolute atomic E-state index is 13.3. The Labute approximate surface area is 136 Å². The number of aromatic amines is 1. The molecule has 3 rings (SSSR count). The lowest BCUT2D eigenvalue weighted by atomic mass is 10.1. The average Bonchev–Trinajstić information content (AvgIpc) is 3.03. The summed E-state index contributed by atoms with van der Waals surface area (Å²) in [4.78, 5) is 13.7. The number of carbonyl (C=O) groups is 1. The van der Waals surface area contributed by atoms with Gasteiger partial charge in [-0.3, -0.25) is 14.8 Å². The zero-order valence-corrected chi connectivity index (χ0v) is 12.9. The van der Waals surface area contributed by atoms with E-state index in [0.29, 0.717) is 31.7 Å². The van der Waals surface area contributed by atoms with E-state index in [1.165, 1.54) is 4.90 Å². The van der Waals surface area contributed by atoms with Crippen molar-refractivity contribution in [3.63, 3.8) is 0 Å². The number of hydrogen-bond acceptors (Lipinski definition) is 4. The number of benzene rings is 1. The van der Waals surface area contributed by atoms with E-state index in [9.17, 15) is 18.0 Å². The van der Waals surface area contributed by atoms with E-state index in [0.717, 1.165) is 5.39 Å². The normalized spacial score (nSPS) is 17.8. The molecular weight excluding hydrogens is 323 g/mol. The molecule has 1 amide bonds. The maximum Gasteiger partial charge on any atom is 0.405 e. The summed E-state index contributed by atoms with van der Waals surface area (Å²) < 4.78 is 40.0. The molecule has 2 aromatic rings. The highest BCUT2D eigenvalue weighted by Crippen LogP contribution is 2.25. The summed E-state index contributed by atoms with van der Waals surface area (Å²) in [6, 6.07) is 3.31. The molecule has 1 atom stereocenters. The van der Waals surface area contributed by atoms with Crippen LogP contribution in [0.3, 0.4) is 0 Å². The summed E-state index contributed by atoms with van der Waals surface area (Å²) in [5.74, 6) is -0.547. The van der Waals surface area contributed by atoms with Crippen molar-refractivity contribution in [2.24, 2.45) is 0 Å². The molecule has 0 aliphatic carbocycles. The van der Waals surface area contributed by atoms with E-state index in [1.807, 2.05) is 0 Å². The van der Waals surface area contributed by atoms with Crippen LogP contribution in [0.15, 0.2) is 24.4 Å². The molecule has 0 saturated carbocycles. The number of amides is 1. The number of para-hydroxylation sites is 1. The molecule has 1 aromatic carbocycles. The molecule has 1 aliphatic heterocycles. The molecule has 3 N–H and O–H groups in total. The lowest BCUT2D eigenvalue weighted by molar-refractivity contribution is -0.183. The van der Waals surface area contributed by atoms with E-state index in [4.69, 9.17) is 0 Å². The van der Waals surface area contributed by atoms with Crippen LogP contribution >= 0.6 is 0 Å². The minimum atomic E-state index is -4.40. The fourth-order valence-corrected chi connectivity index (χ4v) is 2.89. The molecule has 130 valence electrons. The molecule has 9 heteroatoms. The summed E-state index contributed by atoms with van der Waals surface area (Å²) in [6.45, 7) is 1.14. The highest BCUT2D eigenvalue weighted by atomic mass is 19.4. The largest absolute Gasteiger partial charge is 0.405 e. The number of piperazine rings is 1. The Hall–Kier alpha value is -2.13. The van der Waals surface area contributed by atoms with Gasteiger partial charge in [0.25, 0.3) is 5.91 Å². The Morgan fingerprint density at radius 1 is 1.33 bits per heavy atom. The topological polar surface area (TPSA) is 73.1 Å². The highest BCUT2D eigenvalue weighted by molar-refractivity contribution is 6.05. The van der Waals surface area contributed by atoms with Crippen LogP contribution in [0.5, 0.6) is 0 Å². The third kappa shape index (κ3) is 3.51. The van der Waals surface area contributed by atoms with Gasteiger partial charge in [-0.2, -0.15) is 18.3 Å². The molecule has 1 unspecified atom stereocenters. The van der Waals surface area contributed by atoms with Gasteiger partial charge in [-0.15, -0.1) is 0 Å². The van der Waals surface area contributed by atoms with E-state index >= 15 is 0 Å². The van der Waals surface area contributed by atoms with Crippen LogP contribution in [-0.4, -0.2) is 65.9 Å². The molecule has 1 aliphatic rings. The van der Waals surface area contributed by atoms with Crippen molar-refractivity contribution in [2.45, 2.75) is 12.2 Å². The second-order valence-corrected chi connectivity index (χ2v) is 5.69. The fourth-order valence-electron chi connectivity index (χ4n) is 2.89. The molecule has 6 nitrogen and oxygen atoms in total. The van der Waals surface area contributed by atoms with Crippen LogP contribution < -0.4 is 10.6 Å². The van der Waals surface area contributed by atoms with Crippen molar-refractivity contribution < 1.29 is 18.0 Å². The number of aromatic nitrogens is 2. The first kappa shape index (κ1) is 16.7. The molecule has 0 radical (unpaired) electrons. The van der Waals surface area contributed by atoms with E-state index < -0.39 is 24.7 Å². The predicted molar refractivity (Wildman–Crippen MR) is 82.7 cm³/mol. The minimum Gasteiger partial charge on any atom is -0.350 e. The molecule has 2 heterocycles. The van der Waals surface area contributed by atoms with Gasteiger partial charge >= 0.3 is 6.18 Å². The first-order valence-corrected chi connectivity index (χ1v) is 7.68. The average molecular weight is 341 g/mol. The van der Waals surface area contributed by atoms with Gasteiger partial charge in [0.1, 0.15) is 6.04 Å². The zero-order valence-electron chi connectivity index (χ0n) is 12.9. The first-order valence-electron chi connectivity index (χ1n) is 7.68. The summed E-state index contributed by atoms with van der Waals surface area (Å²) in [5, 5.41) is 12.7. The van der Waals surface area contributed by atoms with E-state index in [-0.39, 0.29) is 5.56 Å². The number of nitrogens with zero attached hydrogens (tertiary/aromatic N) is 2. The Balaban J connectivity index is 1.72. The van der Waals surface area contributed by atoms with Crippen LogP contribution in [-0.2, 0) is 0 Å². The Morgan fingerprint density at radius 2 is 2.08 bits per heavy atom. The van der Waals surface area contributed by atoms with Gasteiger partial charge in [0.2, 0.25) is 0 Å². The molecule has 1 fully saturated rings. The predicted octanol–water partition coefficient (Wildman–Crippen LogP) is 1.13. The lowest BCUT2D eigenvalue weighted by Crippen LogP contribution is -2.57. The van der Waals surface area contributed by atoms with Gasteiger partial charge in [0.05, 0.1) is 17.3 Å². The van der Waals surface area contributed by atoms with Gasteiger partial charge in [-0.25, -0.2) is 0 Å². The summed E-state index contributed by atoms with van der Waals surface area (Å²) >= 11 is 0. The first-order chi connectivity index (χ1) is 11.5. The number of rotatable bonds is 4. The number of alkyl halides is 3. The van der Waals surface area contributed by atoms with Crippen molar-refractivity contribution in [3.8, 4) is 0 Å². The zero-order chi connectivity index (χ0) is 17.2. The summed E-state index contributed by atoms with van der Waals surface area (Å²) in [6.07, 6.45) is -2.84. The second kappa shape index (κ2) is 6.78. The molecule has 0 bridgehead atoms.